The van der Waals surface area contributed by atoms with Gasteiger partial charge in [0.25, 0.3) is 5.91 Å². The van der Waals surface area contributed by atoms with E-state index in [0.29, 0.717) is 28.8 Å². The molecule has 2 aromatic rings. The molecule has 0 aliphatic carbocycles. The minimum Gasteiger partial charge on any atom is -0.310 e. The van der Waals surface area contributed by atoms with Gasteiger partial charge in [-0.05, 0) is 50.6 Å². The zero-order valence-electron chi connectivity index (χ0n) is 17.4. The molecule has 4 aliphatic heterocycles. The second kappa shape index (κ2) is 6.80. The molecule has 4 aliphatic rings. The molecule has 3 fully saturated rings. The Kier molecular flexibility index (Phi) is 4.29. The minimum atomic E-state index is -1.15. The zero-order chi connectivity index (χ0) is 22.4. The number of para-hydroxylation sites is 1. The fourth-order valence-corrected chi connectivity index (χ4v) is 7.09. The van der Waals surface area contributed by atoms with Crippen molar-refractivity contribution in [2.45, 2.75) is 31.3 Å². The summed E-state index contributed by atoms with van der Waals surface area (Å²) in [6.45, 7) is 3.13. The Morgan fingerprint density at radius 2 is 1.75 bits per heavy atom. The van der Waals surface area contributed by atoms with Crippen LogP contribution in [0.4, 0.5) is 11.4 Å². The Morgan fingerprint density at radius 3 is 2.47 bits per heavy atom. The summed E-state index contributed by atoms with van der Waals surface area (Å²) in [5, 5.41) is 0.698. The maximum atomic E-state index is 14.1. The van der Waals surface area contributed by atoms with Crippen molar-refractivity contribution in [2.75, 3.05) is 22.9 Å². The molecule has 0 saturated carbocycles. The summed E-state index contributed by atoms with van der Waals surface area (Å²) in [5.74, 6) is -2.08. The van der Waals surface area contributed by atoms with Crippen molar-refractivity contribution in [3.8, 4) is 0 Å². The van der Waals surface area contributed by atoms with E-state index >= 15 is 0 Å². The molecule has 1 spiro atoms. The second-order valence-corrected chi connectivity index (χ2v) is 9.75. The van der Waals surface area contributed by atoms with Crippen LogP contribution in [0.15, 0.2) is 42.5 Å². The zero-order valence-corrected chi connectivity index (χ0v) is 18.9. The lowest BCUT2D eigenvalue weighted by molar-refractivity contribution is -0.137. The molecule has 4 heterocycles. The van der Waals surface area contributed by atoms with Gasteiger partial charge in [-0.3, -0.25) is 19.3 Å². The van der Waals surface area contributed by atoms with Gasteiger partial charge in [0.15, 0.2) is 0 Å². The number of hydrogen-bond donors (Lipinski definition) is 0. The number of fused-ring (bicyclic) bond motifs is 7. The summed E-state index contributed by atoms with van der Waals surface area (Å²) in [5.41, 5.74) is 0.870. The largest absolute Gasteiger partial charge is 0.310 e. The average Bonchev–Trinajstić information content (AvgIpc) is 3.45. The van der Waals surface area contributed by atoms with Crippen molar-refractivity contribution in [2.24, 2.45) is 11.8 Å². The molecule has 8 heteroatoms. The predicted molar refractivity (Wildman–Crippen MR) is 122 cm³/mol. The van der Waals surface area contributed by atoms with Gasteiger partial charge < -0.3 is 4.90 Å². The van der Waals surface area contributed by atoms with Crippen molar-refractivity contribution in [3.05, 3.63) is 58.1 Å². The maximum Gasteiger partial charge on any atom is 0.253 e. The van der Waals surface area contributed by atoms with Crippen molar-refractivity contribution in [3.63, 3.8) is 0 Å². The van der Waals surface area contributed by atoms with Gasteiger partial charge in [0, 0.05) is 33.9 Å². The molecule has 2 aromatic carbocycles. The van der Waals surface area contributed by atoms with Crippen LogP contribution in [0.25, 0.3) is 0 Å². The topological polar surface area (TPSA) is 60.9 Å². The highest BCUT2D eigenvalue weighted by Gasteiger charge is 2.75. The highest BCUT2D eigenvalue weighted by molar-refractivity contribution is 6.36. The number of hydrogen-bond acceptors (Lipinski definition) is 4. The molecule has 6 nitrogen and oxygen atoms in total. The molecule has 32 heavy (non-hydrogen) atoms. The first-order valence-corrected chi connectivity index (χ1v) is 11.7. The summed E-state index contributed by atoms with van der Waals surface area (Å²) in [7, 11) is 0. The van der Waals surface area contributed by atoms with Gasteiger partial charge in [-0.15, -0.1) is 0 Å². The van der Waals surface area contributed by atoms with Crippen molar-refractivity contribution in [1.29, 1.82) is 0 Å². The van der Waals surface area contributed by atoms with E-state index < -0.39 is 17.4 Å². The molecule has 3 amide bonds. The molecule has 0 aromatic heterocycles. The number of halogens is 2. The molecule has 0 unspecified atom stereocenters. The van der Waals surface area contributed by atoms with Gasteiger partial charge >= 0.3 is 0 Å². The van der Waals surface area contributed by atoms with E-state index in [2.05, 4.69) is 4.90 Å². The van der Waals surface area contributed by atoms with Crippen LogP contribution in [-0.4, -0.2) is 41.8 Å². The molecular formula is C24H21Cl2N3O3. The number of likely N-dealkylation sites (N-methyl/N-ethyl adjacent to an activating group) is 1. The number of nitrogens with zero attached hydrogens (tertiary/aromatic N) is 3. The van der Waals surface area contributed by atoms with Crippen LogP contribution in [0.3, 0.4) is 0 Å². The lowest BCUT2D eigenvalue weighted by atomic mass is 9.75. The standard InChI is InChI=1S/C24H21Cl2N3O3/c1-2-27-17-7-4-3-6-16(17)24(23(27)32)20-19(18-8-5-9-28(18)24)21(30)29(22(20)31)15-11-13(25)10-14(26)12-15/h3-4,6-7,10-12,18-20H,2,5,8-9H2,1H3/t18-,19-,20+,24+/m1/s1. The van der Waals surface area contributed by atoms with E-state index in [-0.39, 0.29) is 23.8 Å². The van der Waals surface area contributed by atoms with Crippen molar-refractivity contribution in [1.82, 2.24) is 4.90 Å². The Morgan fingerprint density at radius 1 is 1.03 bits per heavy atom. The molecular weight excluding hydrogens is 449 g/mol. The number of carbonyl (C=O) groups is 3. The summed E-state index contributed by atoms with van der Waals surface area (Å²) in [6.07, 6.45) is 1.68. The third kappa shape index (κ3) is 2.28. The van der Waals surface area contributed by atoms with E-state index in [1.54, 1.807) is 23.1 Å². The summed E-state index contributed by atoms with van der Waals surface area (Å²) >= 11 is 12.4. The average molecular weight is 470 g/mol. The van der Waals surface area contributed by atoms with Crippen molar-refractivity contribution < 1.29 is 14.4 Å². The molecule has 164 valence electrons. The highest BCUT2D eigenvalue weighted by atomic mass is 35.5. The van der Waals surface area contributed by atoms with Gasteiger partial charge in [0.05, 0.1) is 17.5 Å². The van der Waals surface area contributed by atoms with Crippen LogP contribution in [-0.2, 0) is 19.9 Å². The number of imide groups is 1. The van der Waals surface area contributed by atoms with Gasteiger partial charge in [-0.25, -0.2) is 4.90 Å². The van der Waals surface area contributed by atoms with Crippen LogP contribution < -0.4 is 9.80 Å². The normalized spacial score (nSPS) is 31.1. The van der Waals surface area contributed by atoms with Gasteiger partial charge in [0.2, 0.25) is 11.8 Å². The highest BCUT2D eigenvalue weighted by Crippen LogP contribution is 2.61. The first kappa shape index (κ1) is 20.2. The van der Waals surface area contributed by atoms with E-state index in [0.717, 1.165) is 24.1 Å². The molecule has 3 saturated heterocycles. The molecule has 0 radical (unpaired) electrons. The molecule has 4 atom stereocenters. The fraction of sp³-hybridized carbons (Fsp3) is 0.375. The third-order valence-corrected chi connectivity index (χ3v) is 8.00. The van der Waals surface area contributed by atoms with Gasteiger partial charge in [-0.1, -0.05) is 41.4 Å². The minimum absolute atomic E-state index is 0.104. The lowest BCUT2D eigenvalue weighted by Crippen LogP contribution is -2.56. The Bertz CT molecular complexity index is 1180. The summed E-state index contributed by atoms with van der Waals surface area (Å²) in [6, 6.07) is 12.2. The van der Waals surface area contributed by atoms with Crippen LogP contribution in [0.1, 0.15) is 25.3 Å². The van der Waals surface area contributed by atoms with Crippen molar-refractivity contribution >= 4 is 52.3 Å². The lowest BCUT2D eigenvalue weighted by Gasteiger charge is -2.37. The van der Waals surface area contributed by atoms with Crippen LogP contribution in [0.5, 0.6) is 0 Å². The smallest absolute Gasteiger partial charge is 0.253 e. The van der Waals surface area contributed by atoms with E-state index in [1.165, 1.54) is 4.90 Å². The molecule has 0 bridgehead atoms. The van der Waals surface area contributed by atoms with E-state index in [1.807, 2.05) is 31.2 Å². The van der Waals surface area contributed by atoms with Gasteiger partial charge in [-0.2, -0.15) is 0 Å². The first-order chi connectivity index (χ1) is 15.4. The maximum absolute atomic E-state index is 14.1. The van der Waals surface area contributed by atoms with E-state index in [9.17, 15) is 14.4 Å². The number of rotatable bonds is 2. The van der Waals surface area contributed by atoms with Crippen LogP contribution >= 0.6 is 23.2 Å². The number of carbonyl (C=O) groups excluding carboxylic acids is 3. The first-order valence-electron chi connectivity index (χ1n) is 10.9. The summed E-state index contributed by atoms with van der Waals surface area (Å²) in [4.78, 5) is 46.9. The Hall–Kier alpha value is -2.41. The Labute approximate surface area is 195 Å². The summed E-state index contributed by atoms with van der Waals surface area (Å²) < 4.78 is 0. The Balaban J connectivity index is 1.57. The predicted octanol–water partition coefficient (Wildman–Crippen LogP) is 3.84. The van der Waals surface area contributed by atoms with E-state index in [4.69, 9.17) is 23.2 Å². The van der Waals surface area contributed by atoms with Crippen LogP contribution in [0.2, 0.25) is 10.0 Å². The quantitative estimate of drug-likeness (QED) is 0.626. The van der Waals surface area contributed by atoms with Gasteiger partial charge in [0.1, 0.15) is 5.54 Å². The number of benzene rings is 2. The second-order valence-electron chi connectivity index (χ2n) is 8.88. The van der Waals surface area contributed by atoms with Crippen LogP contribution in [0, 0.1) is 11.8 Å². The monoisotopic (exact) mass is 469 g/mol. The third-order valence-electron chi connectivity index (χ3n) is 7.57. The molecule has 6 rings (SSSR count). The number of amides is 3. The molecule has 0 N–H and O–H groups in total. The number of anilines is 2. The fourth-order valence-electron chi connectivity index (χ4n) is 6.58. The SMILES string of the molecule is CCN1C(=O)[C@]2(c3ccccc31)[C@@H]1C(=O)N(c3cc(Cl)cc(Cl)c3)C(=O)[C@@H]1[C@H]1CCCN12.